The molecule has 142 valence electrons. The normalized spacial score (nSPS) is 20.8. The van der Waals surface area contributed by atoms with Crippen LogP contribution in [-0.4, -0.2) is 54.2 Å². The highest BCUT2D eigenvalue weighted by molar-refractivity contribution is 7.88. The molecule has 1 saturated heterocycles. The number of aryl methyl sites for hydroxylation is 1. The van der Waals surface area contributed by atoms with E-state index in [4.69, 9.17) is 0 Å². The highest BCUT2D eigenvalue weighted by Crippen LogP contribution is 2.23. The van der Waals surface area contributed by atoms with E-state index in [9.17, 15) is 13.2 Å². The van der Waals surface area contributed by atoms with Gasteiger partial charge in [-0.05, 0) is 24.5 Å². The molecule has 8 heteroatoms. The van der Waals surface area contributed by atoms with Crippen LogP contribution in [0.4, 0.5) is 0 Å². The number of rotatable bonds is 7. The average Bonchev–Trinajstić information content (AvgIpc) is 3.16. The molecule has 0 radical (unpaired) electrons. The summed E-state index contributed by atoms with van der Waals surface area (Å²) in [4.78, 5) is 18.8. The molecule has 0 bridgehead atoms. The van der Waals surface area contributed by atoms with Crippen LogP contribution in [0.25, 0.3) is 11.0 Å². The molecule has 1 fully saturated rings. The van der Waals surface area contributed by atoms with Gasteiger partial charge in [-0.15, -0.1) is 0 Å². The monoisotopic (exact) mass is 378 g/mol. The maximum absolute atomic E-state index is 12.7. The number of carbonyl (C=O) groups excluding carboxylic acids is 1. The largest absolute Gasteiger partial charge is 0.341 e. The van der Waals surface area contributed by atoms with Gasteiger partial charge in [-0.1, -0.05) is 25.5 Å². The van der Waals surface area contributed by atoms with Gasteiger partial charge in [0.15, 0.2) is 0 Å². The van der Waals surface area contributed by atoms with Crippen LogP contribution in [0.5, 0.6) is 0 Å². The van der Waals surface area contributed by atoms with Gasteiger partial charge in [0, 0.05) is 32.1 Å². The van der Waals surface area contributed by atoms with Crippen molar-refractivity contribution in [2.45, 2.75) is 38.8 Å². The number of imidazole rings is 1. The summed E-state index contributed by atoms with van der Waals surface area (Å²) in [6.45, 7) is 3.70. The van der Waals surface area contributed by atoms with Gasteiger partial charge in [0.05, 0.1) is 23.6 Å². The lowest BCUT2D eigenvalue weighted by Gasteiger charge is -2.17. The zero-order valence-corrected chi connectivity index (χ0v) is 16.1. The number of hydrogen-bond donors (Lipinski definition) is 1. The van der Waals surface area contributed by atoms with Crippen LogP contribution in [0.15, 0.2) is 30.6 Å². The standard InChI is InChI=1S/C18H26N4O3S/c1-3-6-14-11-22(12-16(14)20-26(2,24)25)18(23)9-10-21-13-19-15-7-4-5-8-17(15)21/h4-5,7-8,13-14,16,20H,3,6,9-12H2,1-2H3/t14-,16-/m1/s1. The second-order valence-electron chi connectivity index (χ2n) is 7.02. The lowest BCUT2D eigenvalue weighted by molar-refractivity contribution is -0.130. The van der Waals surface area contributed by atoms with Crippen molar-refractivity contribution in [3.8, 4) is 0 Å². The van der Waals surface area contributed by atoms with E-state index in [1.54, 1.807) is 11.2 Å². The molecule has 1 N–H and O–H groups in total. The third-order valence-electron chi connectivity index (χ3n) is 4.91. The molecule has 0 spiro atoms. The highest BCUT2D eigenvalue weighted by Gasteiger charge is 2.35. The maximum Gasteiger partial charge on any atom is 0.224 e. The van der Waals surface area contributed by atoms with Crippen LogP contribution in [0.2, 0.25) is 0 Å². The molecule has 0 unspecified atom stereocenters. The number of fused-ring (bicyclic) bond motifs is 1. The first-order chi connectivity index (χ1) is 12.4. The molecule has 1 aromatic heterocycles. The summed E-state index contributed by atoms with van der Waals surface area (Å²) < 4.78 is 27.9. The molecular formula is C18H26N4O3S. The maximum atomic E-state index is 12.7. The molecule has 1 amide bonds. The molecular weight excluding hydrogens is 352 g/mol. The number of nitrogens with one attached hydrogen (secondary N) is 1. The predicted molar refractivity (Wildman–Crippen MR) is 101 cm³/mol. The second kappa shape index (κ2) is 7.75. The van der Waals surface area contributed by atoms with Crippen LogP contribution < -0.4 is 4.72 Å². The molecule has 2 aromatic rings. The van der Waals surface area contributed by atoms with Crippen molar-refractivity contribution < 1.29 is 13.2 Å². The van der Waals surface area contributed by atoms with Gasteiger partial charge in [-0.25, -0.2) is 18.1 Å². The Morgan fingerprint density at radius 2 is 2.08 bits per heavy atom. The summed E-state index contributed by atoms with van der Waals surface area (Å²) in [6, 6.07) is 7.65. The number of likely N-dealkylation sites (tertiary alicyclic amines) is 1. The Balaban J connectivity index is 1.62. The molecule has 2 atom stereocenters. The summed E-state index contributed by atoms with van der Waals surface area (Å²) >= 11 is 0. The fourth-order valence-corrected chi connectivity index (χ4v) is 4.53. The van der Waals surface area contributed by atoms with Crippen LogP contribution >= 0.6 is 0 Å². The van der Waals surface area contributed by atoms with Crippen LogP contribution in [-0.2, 0) is 21.4 Å². The predicted octanol–water partition coefficient (Wildman–Crippen LogP) is 1.60. The smallest absolute Gasteiger partial charge is 0.224 e. The second-order valence-corrected chi connectivity index (χ2v) is 8.80. The van der Waals surface area contributed by atoms with Gasteiger partial charge in [-0.2, -0.15) is 0 Å². The molecule has 0 aliphatic carbocycles. The molecule has 7 nitrogen and oxygen atoms in total. The fourth-order valence-electron chi connectivity index (χ4n) is 3.71. The van der Waals surface area contributed by atoms with Crippen LogP contribution in [0.1, 0.15) is 26.2 Å². The van der Waals surface area contributed by atoms with Crippen molar-refractivity contribution >= 4 is 27.0 Å². The van der Waals surface area contributed by atoms with E-state index in [0.29, 0.717) is 26.1 Å². The van der Waals surface area contributed by atoms with Crippen molar-refractivity contribution in [2.24, 2.45) is 5.92 Å². The Labute approximate surface area is 154 Å². The minimum atomic E-state index is -3.28. The van der Waals surface area contributed by atoms with E-state index < -0.39 is 10.0 Å². The first-order valence-corrected chi connectivity index (χ1v) is 10.9. The minimum absolute atomic E-state index is 0.0571. The fraction of sp³-hybridized carbons (Fsp3) is 0.556. The minimum Gasteiger partial charge on any atom is -0.341 e. The van der Waals surface area contributed by atoms with E-state index in [-0.39, 0.29) is 17.9 Å². The molecule has 26 heavy (non-hydrogen) atoms. The summed E-state index contributed by atoms with van der Waals surface area (Å²) in [5.41, 5.74) is 1.93. The molecule has 1 aromatic carbocycles. The van der Waals surface area contributed by atoms with E-state index in [0.717, 1.165) is 23.9 Å². The average molecular weight is 378 g/mol. The van der Waals surface area contributed by atoms with Crippen molar-refractivity contribution in [2.75, 3.05) is 19.3 Å². The number of amides is 1. The summed E-state index contributed by atoms with van der Waals surface area (Å²) in [5, 5.41) is 0. The topological polar surface area (TPSA) is 84.3 Å². The van der Waals surface area contributed by atoms with Gasteiger partial charge in [-0.3, -0.25) is 4.79 Å². The SMILES string of the molecule is CCC[C@@H]1CN(C(=O)CCn2cnc3ccccc32)C[C@H]1NS(C)(=O)=O. The van der Waals surface area contributed by atoms with E-state index in [1.165, 1.54) is 6.26 Å². The van der Waals surface area contributed by atoms with Crippen molar-refractivity contribution in [1.82, 2.24) is 19.2 Å². The van der Waals surface area contributed by atoms with Gasteiger partial charge < -0.3 is 9.47 Å². The highest BCUT2D eigenvalue weighted by atomic mass is 32.2. The summed E-state index contributed by atoms with van der Waals surface area (Å²) in [6.07, 6.45) is 5.18. The summed E-state index contributed by atoms with van der Waals surface area (Å²) in [7, 11) is -3.28. The van der Waals surface area contributed by atoms with Gasteiger partial charge in [0.25, 0.3) is 0 Å². The molecule has 1 aliphatic heterocycles. The lowest BCUT2D eigenvalue weighted by Crippen LogP contribution is -2.40. The quantitative estimate of drug-likeness (QED) is 0.793. The Bertz CT molecular complexity index is 877. The van der Waals surface area contributed by atoms with Crippen LogP contribution in [0, 0.1) is 5.92 Å². The van der Waals surface area contributed by atoms with Crippen LogP contribution in [0.3, 0.4) is 0 Å². The van der Waals surface area contributed by atoms with Gasteiger partial charge >= 0.3 is 0 Å². The van der Waals surface area contributed by atoms with Gasteiger partial charge in [0.1, 0.15) is 0 Å². The van der Waals surface area contributed by atoms with E-state index in [1.807, 2.05) is 28.8 Å². The lowest BCUT2D eigenvalue weighted by atomic mass is 9.99. The number of carbonyl (C=O) groups is 1. The number of benzene rings is 1. The van der Waals surface area contributed by atoms with Crippen molar-refractivity contribution in [3.63, 3.8) is 0 Å². The first kappa shape index (κ1) is 18.8. The zero-order valence-electron chi connectivity index (χ0n) is 15.3. The number of hydrogen-bond acceptors (Lipinski definition) is 4. The Hall–Kier alpha value is -1.93. The third-order valence-corrected chi connectivity index (χ3v) is 5.64. The first-order valence-electron chi connectivity index (χ1n) is 9.02. The Kier molecular flexibility index (Phi) is 5.62. The van der Waals surface area contributed by atoms with Gasteiger partial charge in [0.2, 0.25) is 15.9 Å². The number of para-hydroxylation sites is 2. The van der Waals surface area contributed by atoms with Crippen molar-refractivity contribution in [3.05, 3.63) is 30.6 Å². The number of nitrogens with zero attached hydrogens (tertiary/aromatic N) is 3. The van der Waals surface area contributed by atoms with E-state index >= 15 is 0 Å². The summed E-state index contributed by atoms with van der Waals surface area (Å²) in [5.74, 6) is 0.231. The number of aromatic nitrogens is 2. The van der Waals surface area contributed by atoms with Crippen molar-refractivity contribution in [1.29, 1.82) is 0 Å². The molecule has 0 saturated carbocycles. The third kappa shape index (κ3) is 4.42. The Morgan fingerprint density at radius 3 is 2.81 bits per heavy atom. The van der Waals surface area contributed by atoms with E-state index in [2.05, 4.69) is 16.6 Å². The molecule has 2 heterocycles. The number of sulfonamides is 1. The molecule has 3 rings (SSSR count). The molecule has 1 aliphatic rings. The Morgan fingerprint density at radius 1 is 1.31 bits per heavy atom. The zero-order chi connectivity index (χ0) is 18.7.